The second-order valence-electron chi connectivity index (χ2n) is 4.69. The highest BCUT2D eigenvalue weighted by Crippen LogP contribution is 2.14. The van der Waals surface area contributed by atoms with E-state index in [-0.39, 0.29) is 12.0 Å². The summed E-state index contributed by atoms with van der Waals surface area (Å²) in [5.74, 6) is -0.0581. The van der Waals surface area contributed by atoms with Crippen molar-refractivity contribution in [3.05, 3.63) is 36.0 Å². The van der Waals surface area contributed by atoms with Gasteiger partial charge in [-0.25, -0.2) is 0 Å². The zero-order valence-electron chi connectivity index (χ0n) is 10.6. The van der Waals surface area contributed by atoms with Gasteiger partial charge in [-0.15, -0.1) is 0 Å². The van der Waals surface area contributed by atoms with E-state index in [1.165, 1.54) is 0 Å². The Morgan fingerprint density at radius 1 is 1.42 bits per heavy atom. The van der Waals surface area contributed by atoms with Crippen molar-refractivity contribution in [2.75, 3.05) is 26.2 Å². The molecule has 1 atom stereocenters. The molecule has 0 radical (unpaired) electrons. The van der Waals surface area contributed by atoms with E-state index in [1.54, 1.807) is 0 Å². The third-order valence-corrected chi connectivity index (χ3v) is 3.31. The van der Waals surface area contributed by atoms with Crippen LogP contribution in [0.3, 0.4) is 0 Å². The van der Waals surface area contributed by atoms with Gasteiger partial charge >= 0.3 is 0 Å². The summed E-state index contributed by atoms with van der Waals surface area (Å²) in [5, 5.41) is 7.19. The molecule has 0 aliphatic carbocycles. The second kappa shape index (κ2) is 5.42. The van der Waals surface area contributed by atoms with Crippen LogP contribution in [-0.2, 0) is 4.74 Å². The minimum atomic E-state index is -0.0581. The quantitative estimate of drug-likeness (QED) is 0.767. The largest absolute Gasteiger partial charge is 0.374 e. The van der Waals surface area contributed by atoms with Crippen molar-refractivity contribution in [2.45, 2.75) is 6.10 Å². The average Bonchev–Trinajstić information content (AvgIpc) is 2.93. The van der Waals surface area contributed by atoms with Crippen LogP contribution in [0.4, 0.5) is 0 Å². The van der Waals surface area contributed by atoms with Crippen LogP contribution in [0.15, 0.2) is 30.5 Å². The Labute approximate surface area is 111 Å². The van der Waals surface area contributed by atoms with Crippen molar-refractivity contribution in [3.8, 4) is 0 Å². The number of fused-ring (bicyclic) bond motifs is 1. The predicted octanol–water partition coefficient (Wildman–Crippen LogP) is 0.886. The van der Waals surface area contributed by atoms with Crippen LogP contribution in [-0.4, -0.2) is 43.2 Å². The molecule has 0 saturated carbocycles. The summed E-state index contributed by atoms with van der Waals surface area (Å²) in [4.78, 5) is 15.2. The van der Waals surface area contributed by atoms with E-state index in [9.17, 15) is 4.79 Å². The molecule has 19 heavy (non-hydrogen) atoms. The van der Waals surface area contributed by atoms with Crippen molar-refractivity contribution in [1.29, 1.82) is 0 Å². The minimum absolute atomic E-state index is 0.0581. The number of H-pyrrole nitrogens is 1. The molecule has 5 nitrogen and oxygen atoms in total. The molecule has 1 aliphatic rings. The van der Waals surface area contributed by atoms with Gasteiger partial charge in [0, 0.05) is 42.3 Å². The molecule has 2 aromatic rings. The van der Waals surface area contributed by atoms with Gasteiger partial charge in [0.2, 0.25) is 0 Å². The number of rotatable bonds is 3. The van der Waals surface area contributed by atoms with E-state index in [0.29, 0.717) is 18.7 Å². The first-order chi connectivity index (χ1) is 9.33. The molecular formula is C14H17N3O2. The molecule has 1 aromatic carbocycles. The Morgan fingerprint density at radius 2 is 2.37 bits per heavy atom. The summed E-state index contributed by atoms with van der Waals surface area (Å²) in [7, 11) is 0. The maximum absolute atomic E-state index is 12.1. The number of ether oxygens (including phenoxy) is 1. The molecule has 1 fully saturated rings. The Bertz CT molecular complexity index is 573. The summed E-state index contributed by atoms with van der Waals surface area (Å²) in [5.41, 5.74) is 1.72. The van der Waals surface area contributed by atoms with Crippen molar-refractivity contribution < 1.29 is 9.53 Å². The molecule has 1 saturated heterocycles. The van der Waals surface area contributed by atoms with Crippen LogP contribution in [0.2, 0.25) is 0 Å². The standard InChI is InChI=1S/C14H17N3O2/c18-14(17-9-12-8-15-5-6-19-12)11-1-2-13-10(7-11)3-4-16-13/h1-4,7,12,15-16H,5-6,8-9H2,(H,17,18). The fraction of sp³-hybridized carbons (Fsp3) is 0.357. The number of amides is 1. The van der Waals surface area contributed by atoms with Crippen LogP contribution in [0.1, 0.15) is 10.4 Å². The molecule has 1 amide bonds. The van der Waals surface area contributed by atoms with Gasteiger partial charge in [0.15, 0.2) is 0 Å². The molecule has 3 N–H and O–H groups in total. The number of carbonyl (C=O) groups excluding carboxylic acids is 1. The molecule has 1 aromatic heterocycles. The third kappa shape index (κ3) is 2.77. The summed E-state index contributed by atoms with van der Waals surface area (Å²) in [6, 6.07) is 7.60. The monoisotopic (exact) mass is 259 g/mol. The summed E-state index contributed by atoms with van der Waals surface area (Å²) in [6.07, 6.45) is 1.93. The first-order valence-electron chi connectivity index (χ1n) is 6.50. The third-order valence-electron chi connectivity index (χ3n) is 3.31. The Kier molecular flexibility index (Phi) is 3.48. The molecule has 100 valence electrons. The van der Waals surface area contributed by atoms with E-state index in [4.69, 9.17) is 4.74 Å². The topological polar surface area (TPSA) is 66.2 Å². The van der Waals surface area contributed by atoms with Crippen LogP contribution >= 0.6 is 0 Å². The molecular weight excluding hydrogens is 242 g/mol. The Morgan fingerprint density at radius 3 is 3.21 bits per heavy atom. The summed E-state index contributed by atoms with van der Waals surface area (Å²) < 4.78 is 5.54. The lowest BCUT2D eigenvalue weighted by Crippen LogP contribution is -2.45. The number of morpholine rings is 1. The smallest absolute Gasteiger partial charge is 0.251 e. The van der Waals surface area contributed by atoms with E-state index in [2.05, 4.69) is 15.6 Å². The van der Waals surface area contributed by atoms with Crippen LogP contribution in [0, 0.1) is 0 Å². The van der Waals surface area contributed by atoms with Crippen LogP contribution in [0.5, 0.6) is 0 Å². The molecule has 5 heteroatoms. The van der Waals surface area contributed by atoms with E-state index < -0.39 is 0 Å². The van der Waals surface area contributed by atoms with E-state index in [0.717, 1.165) is 24.0 Å². The molecule has 1 aliphatic heterocycles. The van der Waals surface area contributed by atoms with Crippen LogP contribution < -0.4 is 10.6 Å². The predicted molar refractivity (Wildman–Crippen MR) is 73.2 cm³/mol. The molecule has 0 bridgehead atoms. The van der Waals surface area contributed by atoms with Gasteiger partial charge in [0.1, 0.15) is 0 Å². The van der Waals surface area contributed by atoms with Gasteiger partial charge in [0.25, 0.3) is 5.91 Å². The molecule has 0 spiro atoms. The number of benzene rings is 1. The van der Waals surface area contributed by atoms with E-state index in [1.807, 2.05) is 30.5 Å². The fourth-order valence-corrected chi connectivity index (χ4v) is 2.25. The highest BCUT2D eigenvalue weighted by molar-refractivity contribution is 5.98. The number of carbonyl (C=O) groups is 1. The van der Waals surface area contributed by atoms with Crippen LogP contribution in [0.25, 0.3) is 10.9 Å². The SMILES string of the molecule is O=C(NCC1CNCCO1)c1ccc2[nH]ccc2c1. The van der Waals surface area contributed by atoms with Gasteiger partial charge in [0.05, 0.1) is 12.7 Å². The van der Waals surface area contributed by atoms with E-state index >= 15 is 0 Å². The summed E-state index contributed by atoms with van der Waals surface area (Å²) >= 11 is 0. The highest BCUT2D eigenvalue weighted by atomic mass is 16.5. The molecule has 2 heterocycles. The number of aromatic nitrogens is 1. The van der Waals surface area contributed by atoms with Gasteiger partial charge in [-0.3, -0.25) is 4.79 Å². The number of aromatic amines is 1. The maximum Gasteiger partial charge on any atom is 0.251 e. The minimum Gasteiger partial charge on any atom is -0.374 e. The Hall–Kier alpha value is -1.85. The van der Waals surface area contributed by atoms with Crippen molar-refractivity contribution in [1.82, 2.24) is 15.6 Å². The van der Waals surface area contributed by atoms with Gasteiger partial charge in [-0.1, -0.05) is 0 Å². The van der Waals surface area contributed by atoms with Crippen molar-refractivity contribution in [3.63, 3.8) is 0 Å². The maximum atomic E-state index is 12.1. The van der Waals surface area contributed by atoms with Crippen molar-refractivity contribution in [2.24, 2.45) is 0 Å². The number of hydrogen-bond donors (Lipinski definition) is 3. The van der Waals surface area contributed by atoms with Crippen molar-refractivity contribution >= 4 is 16.8 Å². The van der Waals surface area contributed by atoms with Gasteiger partial charge in [-0.05, 0) is 24.3 Å². The first-order valence-corrected chi connectivity index (χ1v) is 6.50. The zero-order valence-corrected chi connectivity index (χ0v) is 10.6. The van der Waals surface area contributed by atoms with Gasteiger partial charge < -0.3 is 20.4 Å². The summed E-state index contributed by atoms with van der Waals surface area (Å²) in [6.45, 7) is 2.92. The molecule has 3 rings (SSSR count). The second-order valence-corrected chi connectivity index (χ2v) is 4.69. The molecule has 1 unspecified atom stereocenters. The Balaban J connectivity index is 1.62. The zero-order chi connectivity index (χ0) is 13.1. The number of nitrogens with one attached hydrogen (secondary N) is 3. The fourth-order valence-electron chi connectivity index (χ4n) is 2.25. The average molecular weight is 259 g/mol. The lowest BCUT2D eigenvalue weighted by atomic mass is 10.1. The lowest BCUT2D eigenvalue weighted by molar-refractivity contribution is 0.0287. The lowest BCUT2D eigenvalue weighted by Gasteiger charge is -2.23. The van der Waals surface area contributed by atoms with Gasteiger partial charge in [-0.2, -0.15) is 0 Å². The highest BCUT2D eigenvalue weighted by Gasteiger charge is 2.15. The number of hydrogen-bond acceptors (Lipinski definition) is 3. The normalized spacial score (nSPS) is 19.5. The first kappa shape index (κ1) is 12.2.